The van der Waals surface area contributed by atoms with Gasteiger partial charge in [-0.25, -0.2) is 13.6 Å². The van der Waals surface area contributed by atoms with Gasteiger partial charge in [-0.3, -0.25) is 4.90 Å². The molecule has 126 valence electrons. The number of rotatable bonds is 2. The molecule has 0 spiro atoms. The van der Waals surface area contributed by atoms with Crippen LogP contribution in [0.5, 0.6) is 0 Å². The molecule has 1 heterocycles. The molecular formula is C18H19F2N3O. The zero-order chi connectivity index (χ0) is 17.3. The Labute approximate surface area is 139 Å². The van der Waals surface area contributed by atoms with Gasteiger partial charge in [-0.2, -0.15) is 0 Å². The Morgan fingerprint density at radius 1 is 1.12 bits per heavy atom. The lowest BCUT2D eigenvalue weighted by Gasteiger charge is -2.39. The molecule has 0 saturated heterocycles. The van der Waals surface area contributed by atoms with E-state index in [0.717, 1.165) is 5.69 Å². The number of hydrogen-bond acceptors (Lipinski definition) is 2. The minimum absolute atomic E-state index is 0.0686. The van der Waals surface area contributed by atoms with Gasteiger partial charge >= 0.3 is 6.03 Å². The standard InChI is InChI=1S/C18H19F2N3O/c1-11-9-16(22-14-6-3-12(19)4-7-14)15-10-13(20)5-8-17(15)23(11)18(24)21-2/h3-8,10-11,16,22H,9H2,1-2H3,(H,21,24)/t11-,16+/m0/s1. The summed E-state index contributed by atoms with van der Waals surface area (Å²) in [5.74, 6) is -0.666. The molecule has 0 unspecified atom stereocenters. The van der Waals surface area contributed by atoms with Crippen molar-refractivity contribution in [3.63, 3.8) is 0 Å². The molecule has 0 bridgehead atoms. The van der Waals surface area contributed by atoms with E-state index in [1.807, 2.05) is 6.92 Å². The maximum Gasteiger partial charge on any atom is 0.321 e. The summed E-state index contributed by atoms with van der Waals surface area (Å²) in [6.07, 6.45) is 0.612. The fourth-order valence-corrected chi connectivity index (χ4v) is 3.15. The van der Waals surface area contributed by atoms with Crippen LogP contribution in [-0.4, -0.2) is 19.1 Å². The van der Waals surface area contributed by atoms with Crippen LogP contribution in [-0.2, 0) is 0 Å². The molecule has 2 N–H and O–H groups in total. The summed E-state index contributed by atoms with van der Waals surface area (Å²) in [6, 6.07) is 9.98. The third kappa shape index (κ3) is 3.04. The van der Waals surface area contributed by atoms with E-state index in [1.165, 1.54) is 24.3 Å². The van der Waals surface area contributed by atoms with E-state index in [0.29, 0.717) is 17.7 Å². The van der Waals surface area contributed by atoms with Gasteiger partial charge < -0.3 is 10.6 Å². The van der Waals surface area contributed by atoms with Crippen LogP contribution in [0.4, 0.5) is 25.0 Å². The van der Waals surface area contributed by atoms with Crippen molar-refractivity contribution in [3.8, 4) is 0 Å². The Morgan fingerprint density at radius 2 is 1.79 bits per heavy atom. The Morgan fingerprint density at radius 3 is 2.46 bits per heavy atom. The molecule has 24 heavy (non-hydrogen) atoms. The predicted octanol–water partition coefficient (Wildman–Crippen LogP) is 4.06. The van der Waals surface area contributed by atoms with E-state index in [4.69, 9.17) is 0 Å². The highest BCUT2D eigenvalue weighted by atomic mass is 19.1. The van der Waals surface area contributed by atoms with Crippen molar-refractivity contribution in [2.75, 3.05) is 17.3 Å². The van der Waals surface area contributed by atoms with Gasteiger partial charge in [0.05, 0.1) is 11.7 Å². The highest BCUT2D eigenvalue weighted by Crippen LogP contribution is 2.39. The third-order valence-electron chi connectivity index (χ3n) is 4.26. The highest BCUT2D eigenvalue weighted by molar-refractivity contribution is 5.94. The van der Waals surface area contributed by atoms with Crippen molar-refractivity contribution in [1.29, 1.82) is 0 Å². The summed E-state index contributed by atoms with van der Waals surface area (Å²) >= 11 is 0. The van der Waals surface area contributed by atoms with Gasteiger partial charge in [0.15, 0.2) is 0 Å². The molecule has 0 aliphatic carbocycles. The van der Waals surface area contributed by atoms with Gasteiger partial charge in [-0.1, -0.05) is 0 Å². The number of nitrogens with zero attached hydrogens (tertiary/aromatic N) is 1. The van der Waals surface area contributed by atoms with Crippen LogP contribution in [0.1, 0.15) is 24.9 Å². The monoisotopic (exact) mass is 331 g/mol. The molecule has 0 radical (unpaired) electrons. The van der Waals surface area contributed by atoms with E-state index in [9.17, 15) is 13.6 Å². The lowest BCUT2D eigenvalue weighted by atomic mass is 9.91. The number of nitrogens with one attached hydrogen (secondary N) is 2. The minimum atomic E-state index is -0.355. The normalized spacial score (nSPS) is 19.6. The topological polar surface area (TPSA) is 44.4 Å². The quantitative estimate of drug-likeness (QED) is 0.872. The average molecular weight is 331 g/mol. The summed E-state index contributed by atoms with van der Waals surface area (Å²) in [7, 11) is 1.57. The Bertz CT molecular complexity index is 748. The molecule has 0 saturated carbocycles. The second-order valence-corrected chi connectivity index (χ2v) is 5.92. The van der Waals surface area contributed by atoms with Crippen LogP contribution in [0, 0.1) is 11.6 Å². The van der Waals surface area contributed by atoms with Gasteiger partial charge in [-0.15, -0.1) is 0 Å². The smallest absolute Gasteiger partial charge is 0.321 e. The Hall–Kier alpha value is -2.63. The summed E-state index contributed by atoms with van der Waals surface area (Å²) < 4.78 is 26.8. The number of carbonyl (C=O) groups excluding carboxylic acids is 1. The number of fused-ring (bicyclic) bond motifs is 1. The van der Waals surface area contributed by atoms with E-state index >= 15 is 0 Å². The maximum atomic E-state index is 13.8. The first-order valence-corrected chi connectivity index (χ1v) is 7.82. The summed E-state index contributed by atoms with van der Waals surface area (Å²) in [6.45, 7) is 1.95. The van der Waals surface area contributed by atoms with E-state index in [1.54, 1.807) is 30.1 Å². The predicted molar refractivity (Wildman–Crippen MR) is 90.2 cm³/mol. The number of urea groups is 1. The first-order chi connectivity index (χ1) is 11.5. The summed E-state index contributed by atoms with van der Waals surface area (Å²) in [5, 5.41) is 5.93. The molecule has 2 aromatic rings. The number of anilines is 2. The van der Waals surface area contributed by atoms with Gasteiger partial charge in [0.1, 0.15) is 11.6 Å². The van der Waals surface area contributed by atoms with Crippen molar-refractivity contribution in [2.24, 2.45) is 0 Å². The molecule has 1 aliphatic rings. The molecule has 4 nitrogen and oxygen atoms in total. The lowest BCUT2D eigenvalue weighted by molar-refractivity contribution is 0.245. The summed E-state index contributed by atoms with van der Waals surface area (Å²) in [5.41, 5.74) is 2.13. The van der Waals surface area contributed by atoms with E-state index < -0.39 is 0 Å². The first-order valence-electron chi connectivity index (χ1n) is 7.82. The second kappa shape index (κ2) is 6.47. The molecular weight excluding hydrogens is 312 g/mol. The highest BCUT2D eigenvalue weighted by Gasteiger charge is 2.33. The fraction of sp³-hybridized carbons (Fsp3) is 0.278. The minimum Gasteiger partial charge on any atom is -0.378 e. The SMILES string of the molecule is CNC(=O)N1c2ccc(F)cc2[C@H](Nc2ccc(F)cc2)C[C@@H]1C. The molecule has 3 rings (SSSR count). The van der Waals surface area contributed by atoms with Gasteiger partial charge in [0.25, 0.3) is 0 Å². The van der Waals surface area contributed by atoms with Crippen molar-refractivity contribution in [2.45, 2.75) is 25.4 Å². The van der Waals surface area contributed by atoms with Gasteiger partial charge in [0, 0.05) is 24.3 Å². The largest absolute Gasteiger partial charge is 0.378 e. The molecule has 2 aromatic carbocycles. The molecule has 0 fully saturated rings. The molecule has 6 heteroatoms. The van der Waals surface area contributed by atoms with E-state index in [2.05, 4.69) is 10.6 Å². The van der Waals surface area contributed by atoms with Gasteiger partial charge in [-0.05, 0) is 55.8 Å². The zero-order valence-corrected chi connectivity index (χ0v) is 13.5. The Balaban J connectivity index is 1.98. The van der Waals surface area contributed by atoms with Crippen LogP contribution in [0.15, 0.2) is 42.5 Å². The zero-order valence-electron chi connectivity index (χ0n) is 13.5. The number of carbonyl (C=O) groups is 1. The van der Waals surface area contributed by atoms with E-state index in [-0.39, 0.29) is 29.7 Å². The Kier molecular flexibility index (Phi) is 4.38. The maximum absolute atomic E-state index is 13.8. The number of amides is 2. The molecule has 2 amide bonds. The second-order valence-electron chi connectivity index (χ2n) is 5.92. The molecule has 2 atom stereocenters. The van der Waals surface area contributed by atoms with Crippen molar-refractivity contribution in [3.05, 3.63) is 59.7 Å². The third-order valence-corrected chi connectivity index (χ3v) is 4.26. The van der Waals surface area contributed by atoms with Crippen molar-refractivity contribution < 1.29 is 13.6 Å². The molecule has 1 aliphatic heterocycles. The number of halogens is 2. The van der Waals surface area contributed by atoms with Crippen LogP contribution in [0.25, 0.3) is 0 Å². The van der Waals surface area contributed by atoms with Crippen molar-refractivity contribution >= 4 is 17.4 Å². The fourth-order valence-electron chi connectivity index (χ4n) is 3.15. The number of hydrogen-bond donors (Lipinski definition) is 2. The van der Waals surface area contributed by atoms with Gasteiger partial charge in [0.2, 0.25) is 0 Å². The average Bonchev–Trinajstić information content (AvgIpc) is 2.57. The molecule has 0 aromatic heterocycles. The number of benzene rings is 2. The van der Waals surface area contributed by atoms with Crippen LogP contribution in [0.2, 0.25) is 0 Å². The van der Waals surface area contributed by atoms with Crippen LogP contribution in [0.3, 0.4) is 0 Å². The summed E-state index contributed by atoms with van der Waals surface area (Å²) in [4.78, 5) is 13.8. The van der Waals surface area contributed by atoms with Crippen LogP contribution < -0.4 is 15.5 Å². The van der Waals surface area contributed by atoms with Crippen molar-refractivity contribution in [1.82, 2.24) is 5.32 Å². The lowest BCUT2D eigenvalue weighted by Crippen LogP contribution is -2.48. The van der Waals surface area contributed by atoms with Crippen LogP contribution >= 0.6 is 0 Å². The first kappa shape index (κ1) is 16.2.